The van der Waals surface area contributed by atoms with E-state index in [2.05, 4.69) is 43.1 Å². The standard InChI is InChI=1S/C30H35N3O2/c1-3-4-14-29(34)33(26-10-6-5-7-11-26)23-24-15-17-25(18-16-24)27-12-8-9-13-28(27)30(35)32-21-19-31(2)20-22-32/h5-13,15-18H,3-4,14,19-23H2,1-2H3. The number of rotatable bonds is 8. The molecule has 0 radical (unpaired) electrons. The fourth-order valence-corrected chi connectivity index (χ4v) is 4.47. The van der Waals surface area contributed by atoms with Crippen molar-refractivity contribution in [3.05, 3.63) is 90.0 Å². The Morgan fingerprint density at radius 1 is 0.829 bits per heavy atom. The number of unbranched alkanes of at least 4 members (excludes halogenated alkanes) is 1. The zero-order chi connectivity index (χ0) is 24.6. The van der Waals surface area contributed by atoms with Crippen molar-refractivity contribution in [2.24, 2.45) is 0 Å². The Morgan fingerprint density at radius 3 is 2.17 bits per heavy atom. The molecule has 1 saturated heterocycles. The quantitative estimate of drug-likeness (QED) is 0.440. The van der Waals surface area contributed by atoms with Crippen LogP contribution in [-0.2, 0) is 11.3 Å². The Hall–Kier alpha value is -3.44. The molecule has 0 spiro atoms. The van der Waals surface area contributed by atoms with Gasteiger partial charge in [-0.05, 0) is 48.4 Å². The molecule has 1 heterocycles. The molecule has 0 atom stereocenters. The van der Waals surface area contributed by atoms with Crippen LogP contribution in [0, 0.1) is 0 Å². The number of nitrogens with zero attached hydrogens (tertiary/aromatic N) is 3. The molecule has 1 fully saturated rings. The zero-order valence-electron chi connectivity index (χ0n) is 20.8. The molecule has 5 nitrogen and oxygen atoms in total. The molecule has 1 aliphatic rings. The molecule has 5 heteroatoms. The van der Waals surface area contributed by atoms with Gasteiger partial charge in [0, 0.05) is 43.9 Å². The summed E-state index contributed by atoms with van der Waals surface area (Å²) in [5.74, 6) is 0.236. The van der Waals surface area contributed by atoms with Crippen molar-refractivity contribution in [1.29, 1.82) is 0 Å². The first-order chi connectivity index (χ1) is 17.1. The van der Waals surface area contributed by atoms with Crippen LogP contribution in [0.1, 0.15) is 42.1 Å². The predicted molar refractivity (Wildman–Crippen MR) is 142 cm³/mol. The Morgan fingerprint density at radius 2 is 1.49 bits per heavy atom. The Labute approximate surface area is 209 Å². The first kappa shape index (κ1) is 24.7. The van der Waals surface area contributed by atoms with Gasteiger partial charge in [0.25, 0.3) is 5.91 Å². The van der Waals surface area contributed by atoms with Gasteiger partial charge in [-0.1, -0.05) is 74.0 Å². The average molecular weight is 470 g/mol. The van der Waals surface area contributed by atoms with Crippen molar-refractivity contribution in [2.45, 2.75) is 32.7 Å². The summed E-state index contributed by atoms with van der Waals surface area (Å²) in [7, 11) is 2.09. The number of hydrogen-bond donors (Lipinski definition) is 0. The lowest BCUT2D eigenvalue weighted by Gasteiger charge is -2.32. The van der Waals surface area contributed by atoms with E-state index in [-0.39, 0.29) is 11.8 Å². The van der Waals surface area contributed by atoms with Crippen molar-refractivity contribution < 1.29 is 9.59 Å². The van der Waals surface area contributed by atoms with E-state index >= 15 is 0 Å². The van der Waals surface area contributed by atoms with Gasteiger partial charge in [-0.15, -0.1) is 0 Å². The van der Waals surface area contributed by atoms with Gasteiger partial charge in [0.2, 0.25) is 5.91 Å². The summed E-state index contributed by atoms with van der Waals surface area (Å²) < 4.78 is 0. The van der Waals surface area contributed by atoms with Crippen LogP contribution in [0.4, 0.5) is 5.69 Å². The number of benzene rings is 3. The highest BCUT2D eigenvalue weighted by atomic mass is 16.2. The minimum atomic E-state index is 0.0922. The molecule has 2 amide bonds. The molecule has 0 unspecified atom stereocenters. The lowest BCUT2D eigenvalue weighted by Crippen LogP contribution is -2.47. The van der Waals surface area contributed by atoms with Crippen LogP contribution in [0.15, 0.2) is 78.9 Å². The van der Waals surface area contributed by atoms with Crippen molar-refractivity contribution in [3.8, 4) is 11.1 Å². The number of piperazine rings is 1. The smallest absolute Gasteiger partial charge is 0.254 e. The molecule has 0 aromatic heterocycles. The summed E-state index contributed by atoms with van der Waals surface area (Å²) in [6.07, 6.45) is 2.43. The topological polar surface area (TPSA) is 43.9 Å². The molecule has 0 aliphatic carbocycles. The lowest BCUT2D eigenvalue weighted by atomic mass is 9.97. The van der Waals surface area contributed by atoms with Crippen LogP contribution in [0.5, 0.6) is 0 Å². The monoisotopic (exact) mass is 469 g/mol. The third-order valence-electron chi connectivity index (χ3n) is 6.67. The highest BCUT2D eigenvalue weighted by Crippen LogP contribution is 2.27. The summed E-state index contributed by atoms with van der Waals surface area (Å²) in [6.45, 7) is 5.93. The van der Waals surface area contributed by atoms with E-state index in [0.717, 1.165) is 67.0 Å². The number of anilines is 1. The van der Waals surface area contributed by atoms with Gasteiger partial charge in [-0.3, -0.25) is 9.59 Å². The molecule has 0 saturated carbocycles. The first-order valence-corrected chi connectivity index (χ1v) is 12.6. The van der Waals surface area contributed by atoms with Crippen molar-refractivity contribution in [1.82, 2.24) is 9.80 Å². The lowest BCUT2D eigenvalue weighted by molar-refractivity contribution is -0.118. The van der Waals surface area contributed by atoms with Crippen LogP contribution < -0.4 is 4.90 Å². The van der Waals surface area contributed by atoms with Gasteiger partial charge in [0.05, 0.1) is 6.54 Å². The van der Waals surface area contributed by atoms with E-state index in [1.165, 1.54) is 0 Å². The maximum absolute atomic E-state index is 13.3. The van der Waals surface area contributed by atoms with Gasteiger partial charge in [-0.2, -0.15) is 0 Å². The van der Waals surface area contributed by atoms with Crippen LogP contribution in [0.25, 0.3) is 11.1 Å². The summed E-state index contributed by atoms with van der Waals surface area (Å²) in [4.78, 5) is 32.3. The number of para-hydroxylation sites is 1. The van der Waals surface area contributed by atoms with Gasteiger partial charge in [0.15, 0.2) is 0 Å². The maximum atomic E-state index is 13.3. The minimum absolute atomic E-state index is 0.0922. The number of likely N-dealkylation sites (N-methyl/N-ethyl adjacent to an activating group) is 1. The second-order valence-corrected chi connectivity index (χ2v) is 9.26. The van der Waals surface area contributed by atoms with Crippen LogP contribution in [0.3, 0.4) is 0 Å². The Kier molecular flexibility index (Phi) is 8.32. The van der Waals surface area contributed by atoms with Gasteiger partial charge in [0.1, 0.15) is 0 Å². The second kappa shape index (κ2) is 11.8. The van der Waals surface area contributed by atoms with Crippen LogP contribution in [-0.4, -0.2) is 54.8 Å². The van der Waals surface area contributed by atoms with Gasteiger partial charge in [-0.25, -0.2) is 0 Å². The molecule has 4 rings (SSSR count). The molecule has 3 aromatic carbocycles. The van der Waals surface area contributed by atoms with Crippen LogP contribution >= 0.6 is 0 Å². The Bertz CT molecular complexity index is 1120. The van der Waals surface area contributed by atoms with E-state index in [1.807, 2.05) is 64.4 Å². The fourth-order valence-electron chi connectivity index (χ4n) is 4.47. The van der Waals surface area contributed by atoms with E-state index in [4.69, 9.17) is 0 Å². The number of amides is 2. The molecule has 1 aliphatic heterocycles. The van der Waals surface area contributed by atoms with E-state index in [9.17, 15) is 9.59 Å². The molecule has 3 aromatic rings. The van der Waals surface area contributed by atoms with Crippen molar-refractivity contribution in [3.63, 3.8) is 0 Å². The third-order valence-corrected chi connectivity index (χ3v) is 6.67. The molecule has 0 bridgehead atoms. The van der Waals surface area contributed by atoms with E-state index in [1.54, 1.807) is 0 Å². The summed E-state index contributed by atoms with van der Waals surface area (Å²) in [6, 6.07) is 26.0. The maximum Gasteiger partial charge on any atom is 0.254 e. The summed E-state index contributed by atoms with van der Waals surface area (Å²) in [5.41, 5.74) is 4.67. The molecule has 35 heavy (non-hydrogen) atoms. The van der Waals surface area contributed by atoms with Crippen LogP contribution in [0.2, 0.25) is 0 Å². The highest BCUT2D eigenvalue weighted by Gasteiger charge is 2.23. The number of carbonyl (C=O) groups is 2. The van der Waals surface area contributed by atoms with Crippen molar-refractivity contribution in [2.75, 3.05) is 38.1 Å². The fraction of sp³-hybridized carbons (Fsp3) is 0.333. The second-order valence-electron chi connectivity index (χ2n) is 9.26. The average Bonchev–Trinajstić information content (AvgIpc) is 2.91. The first-order valence-electron chi connectivity index (χ1n) is 12.6. The number of hydrogen-bond acceptors (Lipinski definition) is 3. The van der Waals surface area contributed by atoms with Gasteiger partial charge < -0.3 is 14.7 Å². The number of carbonyl (C=O) groups excluding carboxylic acids is 2. The molecular formula is C30H35N3O2. The molecule has 0 N–H and O–H groups in total. The largest absolute Gasteiger partial charge is 0.336 e. The third kappa shape index (κ3) is 6.17. The normalized spacial score (nSPS) is 14.1. The van der Waals surface area contributed by atoms with E-state index in [0.29, 0.717) is 13.0 Å². The highest BCUT2D eigenvalue weighted by molar-refractivity contribution is 6.01. The zero-order valence-corrected chi connectivity index (χ0v) is 20.8. The Balaban J connectivity index is 1.54. The van der Waals surface area contributed by atoms with Gasteiger partial charge >= 0.3 is 0 Å². The minimum Gasteiger partial charge on any atom is -0.336 e. The van der Waals surface area contributed by atoms with E-state index < -0.39 is 0 Å². The molecule has 182 valence electrons. The van der Waals surface area contributed by atoms with Crippen molar-refractivity contribution >= 4 is 17.5 Å². The molecular weight excluding hydrogens is 434 g/mol. The summed E-state index contributed by atoms with van der Waals surface area (Å²) in [5, 5.41) is 0. The predicted octanol–water partition coefficient (Wildman–Crippen LogP) is 5.46. The summed E-state index contributed by atoms with van der Waals surface area (Å²) >= 11 is 0. The SMILES string of the molecule is CCCCC(=O)N(Cc1ccc(-c2ccccc2C(=O)N2CCN(C)CC2)cc1)c1ccccc1.